The van der Waals surface area contributed by atoms with E-state index in [-0.39, 0.29) is 0 Å². The van der Waals surface area contributed by atoms with Gasteiger partial charge in [-0.15, -0.1) is 0 Å². The van der Waals surface area contributed by atoms with Crippen LogP contribution in [0.2, 0.25) is 0 Å². The van der Waals surface area contributed by atoms with E-state index in [9.17, 15) is 0 Å². The third-order valence-electron chi connectivity index (χ3n) is 1.11. The summed E-state index contributed by atoms with van der Waals surface area (Å²) in [5, 5.41) is 0. The molecule has 0 heterocycles. The Morgan fingerprint density at radius 1 is 1.00 bits per heavy atom. The molecule has 0 saturated carbocycles. The van der Waals surface area contributed by atoms with Gasteiger partial charge in [-0.25, -0.2) is 0 Å². The van der Waals surface area contributed by atoms with E-state index in [1.165, 1.54) is 0 Å². The van der Waals surface area contributed by atoms with Gasteiger partial charge in [-0.2, -0.15) is 0 Å². The molecule has 54 valence electrons. The van der Waals surface area contributed by atoms with Crippen LogP contribution in [0.15, 0.2) is 25.6 Å². The van der Waals surface area contributed by atoms with Gasteiger partial charge in [0.1, 0.15) is 0 Å². The largest absolute Gasteiger partial charge is 0.323 e. The Balaban J connectivity index is 3.31. The fourth-order valence-corrected chi connectivity index (χ4v) is 2.83. The molecule has 1 nitrogen and oxygen atoms in total. The van der Waals surface area contributed by atoms with Gasteiger partial charge in [0, 0.05) is 4.47 Å². The summed E-state index contributed by atoms with van der Waals surface area (Å²) in [6.45, 7) is 0. The van der Waals surface area contributed by atoms with Crippen LogP contribution in [-0.2, 0) is 0 Å². The summed E-state index contributed by atoms with van der Waals surface area (Å²) in [4.78, 5) is 0. The second kappa shape index (κ2) is 3.34. The second-order valence-electron chi connectivity index (χ2n) is 1.85. The van der Waals surface area contributed by atoms with Crippen molar-refractivity contribution in [3.05, 3.63) is 25.6 Å². The zero-order chi connectivity index (χ0) is 7.72. The van der Waals surface area contributed by atoms with Gasteiger partial charge < -0.3 is 5.73 Å². The van der Waals surface area contributed by atoms with Crippen molar-refractivity contribution in [3.63, 3.8) is 0 Å². The second-order valence-corrected chi connectivity index (χ2v) is 4.47. The molecule has 0 fully saturated rings. The van der Waals surface area contributed by atoms with Crippen molar-refractivity contribution in [1.29, 1.82) is 0 Å². The first-order valence-electron chi connectivity index (χ1n) is 2.58. The highest BCUT2D eigenvalue weighted by molar-refractivity contribution is 9.11. The third-order valence-corrected chi connectivity index (χ3v) is 2.98. The molecule has 0 saturated heterocycles. The Morgan fingerprint density at radius 3 is 1.80 bits per heavy atom. The molecule has 1 aromatic carbocycles. The van der Waals surface area contributed by atoms with Crippen molar-refractivity contribution < 1.29 is 5.73 Å². The maximum atomic E-state index is 3.85. The average molecular weight is 331 g/mol. The monoisotopic (exact) mass is 328 g/mol. The van der Waals surface area contributed by atoms with E-state index < -0.39 is 0 Å². The minimum atomic E-state index is 0.975. The predicted octanol–water partition coefficient (Wildman–Crippen LogP) is 2.85. The van der Waals surface area contributed by atoms with Crippen LogP contribution in [0.4, 0.5) is 5.69 Å². The maximum Gasteiger partial charge on any atom is 0.156 e. The van der Waals surface area contributed by atoms with Gasteiger partial charge in [0.15, 0.2) is 5.69 Å². The normalized spacial score (nSPS) is 10.0. The molecular weight excluding hydrogens is 326 g/mol. The third kappa shape index (κ3) is 1.81. The summed E-state index contributed by atoms with van der Waals surface area (Å²) in [7, 11) is 0. The lowest BCUT2D eigenvalue weighted by molar-refractivity contribution is -0.256. The first-order chi connectivity index (χ1) is 4.61. The van der Waals surface area contributed by atoms with Gasteiger partial charge in [-0.1, -0.05) is 15.9 Å². The summed E-state index contributed by atoms with van der Waals surface area (Å²) in [5.41, 5.74) is 4.82. The standard InChI is InChI=1S/C6H4Br3N/c7-3-1-4(8)6(10)5(9)2-3/h1-2H,10H2/p+1. The van der Waals surface area contributed by atoms with Crippen molar-refractivity contribution in [2.45, 2.75) is 0 Å². The number of hydrogen-bond donors (Lipinski definition) is 1. The van der Waals surface area contributed by atoms with Gasteiger partial charge >= 0.3 is 0 Å². The van der Waals surface area contributed by atoms with Gasteiger partial charge in [-0.3, -0.25) is 0 Å². The fourth-order valence-electron chi connectivity index (χ4n) is 0.572. The van der Waals surface area contributed by atoms with Crippen LogP contribution >= 0.6 is 47.8 Å². The predicted molar refractivity (Wildman–Crippen MR) is 52.1 cm³/mol. The molecule has 0 aliphatic rings. The lowest BCUT2D eigenvalue weighted by Gasteiger charge is -1.97. The Labute approximate surface area is 84.4 Å². The average Bonchev–Trinajstić information content (AvgIpc) is 1.82. The molecule has 10 heavy (non-hydrogen) atoms. The van der Waals surface area contributed by atoms with E-state index in [1.54, 1.807) is 0 Å². The molecule has 4 heteroatoms. The van der Waals surface area contributed by atoms with E-state index >= 15 is 0 Å². The van der Waals surface area contributed by atoms with Gasteiger partial charge in [0.2, 0.25) is 0 Å². The Bertz CT molecular complexity index is 236. The number of rotatable bonds is 0. The molecule has 0 atom stereocenters. The van der Waals surface area contributed by atoms with Crippen LogP contribution in [0.1, 0.15) is 0 Å². The van der Waals surface area contributed by atoms with Crippen LogP contribution in [0, 0.1) is 0 Å². The smallest absolute Gasteiger partial charge is 0.156 e. The van der Waals surface area contributed by atoms with Crippen LogP contribution < -0.4 is 5.73 Å². The van der Waals surface area contributed by atoms with Gasteiger partial charge in [0.05, 0.1) is 8.95 Å². The van der Waals surface area contributed by atoms with Crippen LogP contribution in [0.25, 0.3) is 0 Å². The highest BCUT2D eigenvalue weighted by Gasteiger charge is 2.04. The Hall–Kier alpha value is 0.620. The Morgan fingerprint density at radius 2 is 1.40 bits per heavy atom. The molecule has 0 aliphatic heterocycles. The van der Waals surface area contributed by atoms with E-state index in [4.69, 9.17) is 0 Å². The van der Waals surface area contributed by atoms with Crippen molar-refractivity contribution in [2.24, 2.45) is 0 Å². The molecule has 1 aromatic rings. The molecule has 0 spiro atoms. The van der Waals surface area contributed by atoms with Crippen molar-refractivity contribution in [3.8, 4) is 0 Å². The summed E-state index contributed by atoms with van der Waals surface area (Å²) in [6.07, 6.45) is 0. The van der Waals surface area contributed by atoms with E-state index in [0.717, 1.165) is 19.1 Å². The molecule has 0 aliphatic carbocycles. The SMILES string of the molecule is [NH3+]c1c(Br)cc(Br)cc1Br. The summed E-state index contributed by atoms with van der Waals surface area (Å²) >= 11 is 10.1. The fraction of sp³-hybridized carbons (Fsp3) is 0. The summed E-state index contributed by atoms with van der Waals surface area (Å²) in [5.74, 6) is 0. The van der Waals surface area contributed by atoms with Crippen LogP contribution in [-0.4, -0.2) is 0 Å². The molecule has 0 radical (unpaired) electrons. The molecule has 0 aromatic heterocycles. The number of halogens is 3. The highest BCUT2D eigenvalue weighted by atomic mass is 79.9. The number of benzene rings is 1. The molecule has 0 bridgehead atoms. The highest BCUT2D eigenvalue weighted by Crippen LogP contribution is 2.30. The number of hydrogen-bond acceptors (Lipinski definition) is 0. The Kier molecular flexibility index (Phi) is 2.91. The first kappa shape index (κ1) is 8.71. The summed E-state index contributed by atoms with van der Waals surface area (Å²) < 4.78 is 3.06. The van der Waals surface area contributed by atoms with Crippen molar-refractivity contribution in [2.75, 3.05) is 0 Å². The zero-order valence-corrected chi connectivity index (χ0v) is 9.75. The zero-order valence-electron chi connectivity index (χ0n) is 5.00. The van der Waals surface area contributed by atoms with Gasteiger partial charge in [0.25, 0.3) is 0 Å². The molecular formula is C6H5Br3N+. The lowest BCUT2D eigenvalue weighted by Crippen LogP contribution is -2.41. The van der Waals surface area contributed by atoms with Crippen molar-refractivity contribution >= 4 is 53.5 Å². The maximum absolute atomic E-state index is 3.85. The number of quaternary nitrogens is 1. The lowest BCUT2D eigenvalue weighted by atomic mass is 10.3. The molecule has 1 rings (SSSR count). The topological polar surface area (TPSA) is 27.6 Å². The van der Waals surface area contributed by atoms with Crippen molar-refractivity contribution in [1.82, 2.24) is 0 Å². The van der Waals surface area contributed by atoms with E-state index in [2.05, 4.69) is 53.5 Å². The molecule has 3 N–H and O–H groups in total. The minimum Gasteiger partial charge on any atom is -0.323 e. The van der Waals surface area contributed by atoms with Crippen LogP contribution in [0.5, 0.6) is 0 Å². The van der Waals surface area contributed by atoms with E-state index in [1.807, 2.05) is 12.1 Å². The molecule has 0 amide bonds. The summed E-state index contributed by atoms with van der Waals surface area (Å²) in [6, 6.07) is 3.93. The van der Waals surface area contributed by atoms with Crippen LogP contribution in [0.3, 0.4) is 0 Å². The van der Waals surface area contributed by atoms with E-state index in [0.29, 0.717) is 0 Å². The first-order valence-corrected chi connectivity index (χ1v) is 4.95. The molecule has 0 unspecified atom stereocenters. The quantitative estimate of drug-likeness (QED) is 0.757. The minimum absolute atomic E-state index is 0.975. The van der Waals surface area contributed by atoms with Gasteiger partial charge in [-0.05, 0) is 44.0 Å².